The summed E-state index contributed by atoms with van der Waals surface area (Å²) in [5.74, 6) is 0.972. The summed E-state index contributed by atoms with van der Waals surface area (Å²) in [5, 5.41) is 0. The Hall–Kier alpha value is -1.61. The van der Waals surface area contributed by atoms with E-state index in [0.29, 0.717) is 6.54 Å². The van der Waals surface area contributed by atoms with Crippen molar-refractivity contribution in [1.82, 2.24) is 9.55 Å². The fourth-order valence-corrected chi connectivity index (χ4v) is 1.60. The Labute approximate surface area is 89.6 Å². The number of imidazole rings is 1. The van der Waals surface area contributed by atoms with Gasteiger partial charge in [0, 0.05) is 18.4 Å². The van der Waals surface area contributed by atoms with Gasteiger partial charge in [-0.05, 0) is 26.0 Å². The van der Waals surface area contributed by atoms with Crippen molar-refractivity contribution >= 4 is 0 Å². The number of benzene rings is 1. The Morgan fingerprint density at radius 3 is 2.40 bits per heavy atom. The maximum Gasteiger partial charge on any atom is 0.110 e. The monoisotopic (exact) mass is 201 g/mol. The molecule has 1 aromatic carbocycles. The zero-order chi connectivity index (χ0) is 10.8. The van der Waals surface area contributed by atoms with E-state index in [2.05, 4.69) is 40.7 Å². The highest BCUT2D eigenvalue weighted by atomic mass is 15.1. The zero-order valence-corrected chi connectivity index (χ0v) is 9.07. The Bertz CT molecular complexity index is 454. The minimum Gasteiger partial charge on any atom is -0.325 e. The molecule has 15 heavy (non-hydrogen) atoms. The predicted octanol–water partition coefficient (Wildman–Crippen LogP) is 1.95. The van der Waals surface area contributed by atoms with Gasteiger partial charge in [0.1, 0.15) is 5.82 Å². The SMILES string of the molecule is Cc1ccc(-n2cc(CN)nc2C)cc1. The van der Waals surface area contributed by atoms with Crippen molar-refractivity contribution in [1.29, 1.82) is 0 Å². The van der Waals surface area contributed by atoms with Crippen LogP contribution in [0.2, 0.25) is 0 Å². The molecule has 3 nitrogen and oxygen atoms in total. The number of nitrogens with zero attached hydrogens (tertiary/aromatic N) is 2. The summed E-state index contributed by atoms with van der Waals surface area (Å²) < 4.78 is 2.06. The second kappa shape index (κ2) is 3.87. The van der Waals surface area contributed by atoms with E-state index in [1.165, 1.54) is 5.56 Å². The van der Waals surface area contributed by atoms with E-state index >= 15 is 0 Å². The molecule has 0 unspecified atom stereocenters. The molecule has 0 aliphatic rings. The summed E-state index contributed by atoms with van der Waals surface area (Å²) >= 11 is 0. The molecule has 0 fully saturated rings. The minimum atomic E-state index is 0.486. The summed E-state index contributed by atoms with van der Waals surface area (Å²) in [6, 6.07) is 8.36. The summed E-state index contributed by atoms with van der Waals surface area (Å²) in [4.78, 5) is 4.37. The van der Waals surface area contributed by atoms with Crippen molar-refractivity contribution in [2.45, 2.75) is 20.4 Å². The van der Waals surface area contributed by atoms with E-state index < -0.39 is 0 Å². The third-order valence-electron chi connectivity index (χ3n) is 2.45. The van der Waals surface area contributed by atoms with Crippen LogP contribution in [0.5, 0.6) is 0 Å². The van der Waals surface area contributed by atoms with Crippen molar-refractivity contribution in [3.8, 4) is 5.69 Å². The molecule has 3 heteroatoms. The van der Waals surface area contributed by atoms with Crippen LogP contribution in [0.1, 0.15) is 17.1 Å². The van der Waals surface area contributed by atoms with Gasteiger partial charge in [0.15, 0.2) is 0 Å². The first kappa shape index (κ1) is 9.93. The summed E-state index contributed by atoms with van der Waals surface area (Å²) in [6.45, 7) is 4.55. The molecule has 1 aromatic heterocycles. The van der Waals surface area contributed by atoms with E-state index in [0.717, 1.165) is 17.2 Å². The number of aryl methyl sites for hydroxylation is 2. The molecule has 78 valence electrons. The minimum absolute atomic E-state index is 0.486. The Kier molecular flexibility index (Phi) is 2.56. The Morgan fingerprint density at radius 1 is 1.20 bits per heavy atom. The second-order valence-corrected chi connectivity index (χ2v) is 3.69. The molecule has 0 aliphatic carbocycles. The van der Waals surface area contributed by atoms with Crippen molar-refractivity contribution in [2.75, 3.05) is 0 Å². The van der Waals surface area contributed by atoms with Crippen molar-refractivity contribution in [3.05, 3.63) is 47.5 Å². The van der Waals surface area contributed by atoms with E-state index in [9.17, 15) is 0 Å². The molecule has 0 saturated heterocycles. The molecule has 2 N–H and O–H groups in total. The predicted molar refractivity (Wildman–Crippen MR) is 60.9 cm³/mol. The van der Waals surface area contributed by atoms with Crippen molar-refractivity contribution in [3.63, 3.8) is 0 Å². The summed E-state index contributed by atoms with van der Waals surface area (Å²) in [7, 11) is 0. The van der Waals surface area contributed by atoms with Gasteiger partial charge in [0.05, 0.1) is 5.69 Å². The lowest BCUT2D eigenvalue weighted by atomic mass is 10.2. The van der Waals surface area contributed by atoms with E-state index in [1.807, 2.05) is 13.1 Å². The summed E-state index contributed by atoms with van der Waals surface area (Å²) in [6.07, 6.45) is 1.99. The maximum absolute atomic E-state index is 5.56. The average molecular weight is 201 g/mol. The molecule has 1 heterocycles. The first-order chi connectivity index (χ1) is 7.20. The van der Waals surface area contributed by atoms with Crippen LogP contribution < -0.4 is 5.73 Å². The average Bonchev–Trinajstić information content (AvgIpc) is 2.61. The van der Waals surface area contributed by atoms with Crippen LogP contribution in [0.3, 0.4) is 0 Å². The third-order valence-corrected chi connectivity index (χ3v) is 2.45. The highest BCUT2D eigenvalue weighted by Gasteiger charge is 2.03. The molecular formula is C12H15N3. The quantitative estimate of drug-likeness (QED) is 0.807. The first-order valence-corrected chi connectivity index (χ1v) is 5.02. The molecule has 2 rings (SSSR count). The lowest BCUT2D eigenvalue weighted by Crippen LogP contribution is -1.95. The number of hydrogen-bond donors (Lipinski definition) is 1. The van der Waals surface area contributed by atoms with Gasteiger partial charge >= 0.3 is 0 Å². The molecule has 0 aliphatic heterocycles. The van der Waals surface area contributed by atoms with Crippen LogP contribution in [0.15, 0.2) is 30.5 Å². The van der Waals surface area contributed by atoms with Crippen LogP contribution >= 0.6 is 0 Å². The smallest absolute Gasteiger partial charge is 0.110 e. The number of aromatic nitrogens is 2. The van der Waals surface area contributed by atoms with Gasteiger partial charge in [-0.25, -0.2) is 4.98 Å². The molecule has 0 saturated carbocycles. The largest absolute Gasteiger partial charge is 0.325 e. The molecule has 0 amide bonds. The fourth-order valence-electron chi connectivity index (χ4n) is 1.60. The highest BCUT2D eigenvalue weighted by molar-refractivity contribution is 5.36. The lowest BCUT2D eigenvalue weighted by Gasteiger charge is -2.04. The van der Waals surface area contributed by atoms with Crippen molar-refractivity contribution in [2.24, 2.45) is 5.73 Å². The first-order valence-electron chi connectivity index (χ1n) is 5.02. The van der Waals surface area contributed by atoms with Gasteiger partial charge in [0.25, 0.3) is 0 Å². The van der Waals surface area contributed by atoms with Gasteiger partial charge < -0.3 is 10.3 Å². The fraction of sp³-hybridized carbons (Fsp3) is 0.250. The molecular weight excluding hydrogens is 186 g/mol. The molecule has 0 atom stereocenters. The maximum atomic E-state index is 5.56. The van der Waals surface area contributed by atoms with Crippen molar-refractivity contribution < 1.29 is 0 Å². The zero-order valence-electron chi connectivity index (χ0n) is 9.07. The van der Waals surface area contributed by atoms with Gasteiger partial charge in [-0.2, -0.15) is 0 Å². The highest BCUT2D eigenvalue weighted by Crippen LogP contribution is 2.12. The molecule has 0 bridgehead atoms. The third kappa shape index (κ3) is 1.92. The number of rotatable bonds is 2. The van der Waals surface area contributed by atoms with Crippen LogP contribution in [-0.4, -0.2) is 9.55 Å². The van der Waals surface area contributed by atoms with Crippen LogP contribution in [0.4, 0.5) is 0 Å². The Morgan fingerprint density at radius 2 is 1.87 bits per heavy atom. The van der Waals surface area contributed by atoms with Gasteiger partial charge in [-0.3, -0.25) is 0 Å². The standard InChI is InChI=1S/C12H15N3/c1-9-3-5-12(6-4-9)15-8-11(7-13)14-10(15)2/h3-6,8H,7,13H2,1-2H3. The van der Waals surface area contributed by atoms with Gasteiger partial charge in [0.2, 0.25) is 0 Å². The second-order valence-electron chi connectivity index (χ2n) is 3.69. The normalized spacial score (nSPS) is 10.6. The topological polar surface area (TPSA) is 43.8 Å². The van der Waals surface area contributed by atoms with E-state index in [1.54, 1.807) is 0 Å². The Balaban J connectivity index is 2.44. The van der Waals surface area contributed by atoms with Gasteiger partial charge in [-0.1, -0.05) is 17.7 Å². The molecule has 0 radical (unpaired) electrons. The molecule has 0 spiro atoms. The van der Waals surface area contributed by atoms with Crippen LogP contribution in [-0.2, 0) is 6.54 Å². The van der Waals surface area contributed by atoms with E-state index in [-0.39, 0.29) is 0 Å². The van der Waals surface area contributed by atoms with Crippen LogP contribution in [0.25, 0.3) is 5.69 Å². The lowest BCUT2D eigenvalue weighted by molar-refractivity contribution is 0.968. The van der Waals surface area contributed by atoms with Gasteiger partial charge in [-0.15, -0.1) is 0 Å². The number of nitrogens with two attached hydrogens (primary N) is 1. The molecule has 2 aromatic rings. The van der Waals surface area contributed by atoms with Crippen LogP contribution in [0, 0.1) is 13.8 Å². The van der Waals surface area contributed by atoms with E-state index in [4.69, 9.17) is 5.73 Å². The summed E-state index contributed by atoms with van der Waals surface area (Å²) in [5.41, 5.74) is 8.87. The number of hydrogen-bond acceptors (Lipinski definition) is 2.